The number of urea groups is 1. The van der Waals surface area contributed by atoms with Crippen LogP contribution < -0.4 is 15.8 Å². The van der Waals surface area contributed by atoms with Crippen molar-refractivity contribution in [1.82, 2.24) is 19.8 Å². The highest BCUT2D eigenvalue weighted by atomic mass is 16.5. The summed E-state index contributed by atoms with van der Waals surface area (Å²) in [6.45, 7) is 8.64. The van der Waals surface area contributed by atoms with Crippen LogP contribution in [0.3, 0.4) is 0 Å². The quantitative estimate of drug-likeness (QED) is 0.520. The summed E-state index contributed by atoms with van der Waals surface area (Å²) in [5.41, 5.74) is 3.77. The third kappa shape index (κ3) is 5.56. The zero-order valence-corrected chi connectivity index (χ0v) is 20.0. The molecule has 8 nitrogen and oxygen atoms in total. The molecule has 1 saturated heterocycles. The lowest BCUT2D eigenvalue weighted by atomic mass is 10.1. The minimum absolute atomic E-state index is 0.0700. The van der Waals surface area contributed by atoms with Crippen molar-refractivity contribution in [2.45, 2.75) is 26.8 Å². The summed E-state index contributed by atoms with van der Waals surface area (Å²) in [7, 11) is 0. The Labute approximate surface area is 200 Å². The van der Waals surface area contributed by atoms with Gasteiger partial charge in [0.2, 0.25) is 0 Å². The molecule has 180 valence electrons. The number of fused-ring (bicyclic) bond motifs is 1. The number of benzene rings is 2. The number of carbonyl (C=O) groups excluding carboxylic acids is 1. The average molecular weight is 464 g/mol. The van der Waals surface area contributed by atoms with E-state index >= 15 is 0 Å². The second-order valence-electron chi connectivity index (χ2n) is 8.56. The normalized spacial score (nSPS) is 13.9. The lowest BCUT2D eigenvalue weighted by Crippen LogP contribution is -2.53. The molecule has 0 bridgehead atoms. The van der Waals surface area contributed by atoms with Crippen LogP contribution in [0.5, 0.6) is 0 Å². The van der Waals surface area contributed by atoms with E-state index in [9.17, 15) is 9.59 Å². The van der Waals surface area contributed by atoms with Crippen molar-refractivity contribution in [3.63, 3.8) is 0 Å². The molecule has 0 saturated carbocycles. The summed E-state index contributed by atoms with van der Waals surface area (Å²) < 4.78 is 7.11. The molecule has 1 fully saturated rings. The second kappa shape index (κ2) is 11.2. The molecule has 1 N–H and O–H groups in total. The lowest BCUT2D eigenvalue weighted by molar-refractivity contribution is 0.143. The summed E-state index contributed by atoms with van der Waals surface area (Å²) in [6.07, 6.45) is 0.793. The van der Waals surface area contributed by atoms with E-state index in [1.807, 2.05) is 36.1 Å². The summed E-state index contributed by atoms with van der Waals surface area (Å²) in [6, 6.07) is 15.9. The topological polar surface area (TPSA) is 79.7 Å². The van der Waals surface area contributed by atoms with Gasteiger partial charge < -0.3 is 19.9 Å². The van der Waals surface area contributed by atoms with Crippen molar-refractivity contribution in [3.05, 3.63) is 70.0 Å². The third-order valence-corrected chi connectivity index (χ3v) is 6.11. The predicted molar refractivity (Wildman–Crippen MR) is 135 cm³/mol. The van der Waals surface area contributed by atoms with Gasteiger partial charge in [-0.3, -0.25) is 9.36 Å². The number of anilines is 1. The Kier molecular flexibility index (Phi) is 7.80. The van der Waals surface area contributed by atoms with E-state index < -0.39 is 0 Å². The number of para-hydroxylation sites is 2. The first-order chi connectivity index (χ1) is 16.6. The van der Waals surface area contributed by atoms with Crippen LogP contribution >= 0.6 is 0 Å². The second-order valence-corrected chi connectivity index (χ2v) is 8.56. The Morgan fingerprint density at radius 2 is 1.79 bits per heavy atom. The summed E-state index contributed by atoms with van der Waals surface area (Å²) in [5, 5.41) is 2.95. The zero-order chi connectivity index (χ0) is 23.9. The zero-order valence-electron chi connectivity index (χ0n) is 20.0. The summed E-state index contributed by atoms with van der Waals surface area (Å²) in [5.74, 6) is 0.447. The van der Waals surface area contributed by atoms with Crippen LogP contribution in [-0.4, -0.2) is 66.4 Å². The molecule has 1 aromatic heterocycles. The molecule has 34 heavy (non-hydrogen) atoms. The number of aryl methyl sites for hydroxylation is 1. The van der Waals surface area contributed by atoms with Crippen molar-refractivity contribution in [1.29, 1.82) is 0 Å². The molecule has 0 aliphatic carbocycles. The molecule has 4 rings (SSSR count). The van der Waals surface area contributed by atoms with Gasteiger partial charge >= 0.3 is 6.03 Å². The van der Waals surface area contributed by atoms with Gasteiger partial charge in [0, 0.05) is 45.9 Å². The average Bonchev–Trinajstić information content (AvgIpc) is 2.86. The van der Waals surface area contributed by atoms with Gasteiger partial charge in [-0.05, 0) is 38.0 Å². The molecular weight excluding hydrogens is 430 g/mol. The maximum absolute atomic E-state index is 13.6. The Bertz CT molecular complexity index is 1170. The fourth-order valence-electron chi connectivity index (χ4n) is 4.17. The summed E-state index contributed by atoms with van der Waals surface area (Å²) in [4.78, 5) is 34.5. The molecule has 0 radical (unpaired) electrons. The molecule has 8 heteroatoms. The number of amides is 2. The Morgan fingerprint density at radius 1 is 1.06 bits per heavy atom. The van der Waals surface area contributed by atoms with Gasteiger partial charge in [0.25, 0.3) is 5.56 Å². The van der Waals surface area contributed by atoms with Crippen molar-refractivity contribution < 1.29 is 9.53 Å². The van der Waals surface area contributed by atoms with Crippen molar-refractivity contribution in [2.24, 2.45) is 0 Å². The van der Waals surface area contributed by atoms with E-state index in [-0.39, 0.29) is 11.6 Å². The first kappa shape index (κ1) is 23.8. The molecule has 0 spiro atoms. The van der Waals surface area contributed by atoms with Crippen LogP contribution in [0, 0.1) is 6.92 Å². The van der Waals surface area contributed by atoms with Crippen LogP contribution in [0.25, 0.3) is 11.0 Å². The molecule has 0 atom stereocenters. The molecule has 2 heterocycles. The number of nitrogens with zero attached hydrogens (tertiary/aromatic N) is 4. The van der Waals surface area contributed by atoms with Gasteiger partial charge in [0.05, 0.1) is 17.6 Å². The highest BCUT2D eigenvalue weighted by molar-refractivity contribution is 5.77. The van der Waals surface area contributed by atoms with Crippen LogP contribution in [0.1, 0.15) is 24.5 Å². The van der Waals surface area contributed by atoms with Crippen LogP contribution in [0.15, 0.2) is 53.3 Å². The van der Waals surface area contributed by atoms with E-state index in [0.717, 1.165) is 23.0 Å². The van der Waals surface area contributed by atoms with E-state index in [2.05, 4.69) is 36.5 Å². The predicted octanol–water partition coefficient (Wildman–Crippen LogP) is 3.01. The number of piperazine rings is 1. The monoisotopic (exact) mass is 463 g/mol. The van der Waals surface area contributed by atoms with E-state index in [1.165, 1.54) is 5.56 Å². The fraction of sp³-hybridized carbons (Fsp3) is 0.423. The number of hydrogen-bond donors (Lipinski definition) is 1. The molecular formula is C26H33N5O3. The Morgan fingerprint density at radius 3 is 2.53 bits per heavy atom. The fourth-order valence-corrected chi connectivity index (χ4v) is 4.17. The maximum Gasteiger partial charge on any atom is 0.317 e. The molecule has 1 aliphatic rings. The third-order valence-electron chi connectivity index (χ3n) is 6.11. The largest absolute Gasteiger partial charge is 0.382 e. The molecule has 2 amide bonds. The van der Waals surface area contributed by atoms with Crippen molar-refractivity contribution in [3.8, 4) is 0 Å². The Hall–Kier alpha value is -3.39. The van der Waals surface area contributed by atoms with Gasteiger partial charge in [-0.2, -0.15) is 0 Å². The summed E-state index contributed by atoms with van der Waals surface area (Å²) >= 11 is 0. The van der Waals surface area contributed by atoms with E-state index in [1.54, 1.807) is 9.47 Å². The number of rotatable bonds is 8. The van der Waals surface area contributed by atoms with Crippen molar-refractivity contribution >= 4 is 22.9 Å². The number of hydrogen-bond acceptors (Lipinski definition) is 5. The van der Waals surface area contributed by atoms with Crippen molar-refractivity contribution in [2.75, 3.05) is 50.8 Å². The first-order valence-electron chi connectivity index (χ1n) is 12.0. The number of carbonyl (C=O) groups is 1. The van der Waals surface area contributed by atoms with E-state index in [0.29, 0.717) is 58.3 Å². The van der Waals surface area contributed by atoms with Gasteiger partial charge in [-0.15, -0.1) is 0 Å². The standard InChI is InChI=1S/C26H33N5O3/c1-3-34-18-6-13-27-26(33)30-16-14-29(15-17-30)24-25(32)31(19-21-11-9-20(2)10-12-21)23-8-5-4-7-22(23)28-24/h4-5,7-12H,3,6,13-19H2,1-2H3,(H,27,33). The smallest absolute Gasteiger partial charge is 0.317 e. The number of nitrogens with one attached hydrogen (secondary N) is 1. The van der Waals surface area contributed by atoms with Gasteiger partial charge in [-0.1, -0.05) is 42.0 Å². The SMILES string of the molecule is CCOCCCNC(=O)N1CCN(c2nc3ccccc3n(Cc3ccc(C)cc3)c2=O)CC1. The molecule has 3 aromatic rings. The minimum Gasteiger partial charge on any atom is -0.382 e. The minimum atomic E-state index is -0.104. The van der Waals surface area contributed by atoms with Gasteiger partial charge in [0.15, 0.2) is 5.82 Å². The maximum atomic E-state index is 13.6. The van der Waals surface area contributed by atoms with Gasteiger partial charge in [-0.25, -0.2) is 9.78 Å². The number of ether oxygens (including phenoxy) is 1. The first-order valence-corrected chi connectivity index (χ1v) is 12.0. The van der Waals surface area contributed by atoms with Gasteiger partial charge in [0.1, 0.15) is 0 Å². The highest BCUT2D eigenvalue weighted by Crippen LogP contribution is 2.17. The molecule has 2 aromatic carbocycles. The Balaban J connectivity index is 1.48. The highest BCUT2D eigenvalue weighted by Gasteiger charge is 2.24. The van der Waals surface area contributed by atoms with Crippen LogP contribution in [0.2, 0.25) is 0 Å². The molecule has 1 aliphatic heterocycles. The lowest BCUT2D eigenvalue weighted by Gasteiger charge is -2.35. The van der Waals surface area contributed by atoms with Crippen LogP contribution in [0.4, 0.5) is 10.6 Å². The van der Waals surface area contributed by atoms with Crippen LogP contribution in [-0.2, 0) is 11.3 Å². The van der Waals surface area contributed by atoms with E-state index in [4.69, 9.17) is 9.72 Å². The number of aromatic nitrogens is 2. The molecule has 0 unspecified atom stereocenters.